The minimum atomic E-state index is 0. The van der Waals surface area contributed by atoms with Gasteiger partial charge in [-0.15, -0.1) is 42.3 Å². The van der Waals surface area contributed by atoms with Crippen LogP contribution < -0.4 is 17.2 Å². The number of H-pyrrole nitrogens is 4. The quantitative estimate of drug-likeness (QED) is 0.112. The van der Waals surface area contributed by atoms with Crippen molar-refractivity contribution in [3.8, 4) is 12.3 Å². The van der Waals surface area contributed by atoms with Gasteiger partial charge in [0.05, 0.1) is 24.6 Å². The van der Waals surface area contributed by atoms with E-state index in [0.29, 0.717) is 25.0 Å². The minimum absolute atomic E-state index is 0. The van der Waals surface area contributed by atoms with Gasteiger partial charge in [-0.1, -0.05) is 41.6 Å². The molecular weight excluding hydrogens is 623 g/mol. The Kier molecular flexibility index (Phi) is 13.3. The molecule has 5 heterocycles. The molecule has 0 radical (unpaired) electrons. The number of aromatic amines is 4. The molecule has 0 unspecified atom stereocenters. The molecule has 7 rings (SSSR count). The standard InChI is InChI=1S/C16H17N7.C9H10N2.C7H9N3.2ClH/c17-16-19-8-12(20-16)5-6-13-10-23(22-21-13)9-11-7-18-15-4-2-1-3-14(11)15;10-5-7-6-11-9-4-2-1-3-8(7)9;1-2-3-4-6-5-9-7(8)10-6;;/h1-4,7-8,10,18H,5-6,9H2,(H3,17,19,20);1-4,6,11H,5,10H2;1,5H,3-4H2,(H3,8,9,10);2*1H. The number of benzene rings is 2. The van der Waals surface area contributed by atoms with Crippen LogP contribution in [0.15, 0.2) is 79.5 Å². The number of rotatable bonds is 8. The number of fused-ring (bicyclic) bond motifs is 2. The molecule has 0 spiro atoms. The van der Waals surface area contributed by atoms with Gasteiger partial charge in [-0.05, 0) is 36.1 Å². The van der Waals surface area contributed by atoms with Crippen molar-refractivity contribution < 1.29 is 0 Å². The van der Waals surface area contributed by atoms with Crippen LogP contribution in [0.1, 0.15) is 34.6 Å². The van der Waals surface area contributed by atoms with Crippen molar-refractivity contribution in [2.75, 3.05) is 11.5 Å². The summed E-state index contributed by atoms with van der Waals surface area (Å²) in [5.74, 6) is 3.44. The number of nitrogen functional groups attached to an aromatic ring is 2. The second-order valence-electron chi connectivity index (χ2n) is 10.1. The third kappa shape index (κ3) is 9.39. The topological polar surface area (TPSA) is 198 Å². The summed E-state index contributed by atoms with van der Waals surface area (Å²) >= 11 is 0. The van der Waals surface area contributed by atoms with Gasteiger partial charge in [0.15, 0.2) is 11.9 Å². The zero-order chi connectivity index (χ0) is 30.7. The van der Waals surface area contributed by atoms with Gasteiger partial charge >= 0.3 is 0 Å². The first kappa shape index (κ1) is 35.3. The summed E-state index contributed by atoms with van der Waals surface area (Å²) in [4.78, 5) is 20.2. The highest BCUT2D eigenvalue weighted by molar-refractivity contribution is 5.86. The van der Waals surface area contributed by atoms with Gasteiger partial charge < -0.3 is 37.1 Å². The number of anilines is 2. The van der Waals surface area contributed by atoms with Crippen LogP contribution in [0, 0.1) is 12.3 Å². The Bertz CT molecular complexity index is 1960. The van der Waals surface area contributed by atoms with E-state index in [1.165, 1.54) is 21.9 Å². The zero-order valence-corrected chi connectivity index (χ0v) is 26.7. The van der Waals surface area contributed by atoms with E-state index < -0.39 is 0 Å². The van der Waals surface area contributed by atoms with Crippen LogP contribution in [0.4, 0.5) is 11.9 Å². The van der Waals surface area contributed by atoms with Crippen LogP contribution in [-0.4, -0.2) is 44.9 Å². The zero-order valence-electron chi connectivity index (χ0n) is 25.1. The molecule has 0 fully saturated rings. The number of nitrogens with one attached hydrogen (secondary N) is 4. The highest BCUT2D eigenvalue weighted by Crippen LogP contribution is 2.19. The Balaban J connectivity index is 0.000000210. The van der Waals surface area contributed by atoms with E-state index >= 15 is 0 Å². The predicted octanol–water partition coefficient (Wildman–Crippen LogP) is 4.93. The van der Waals surface area contributed by atoms with Crippen LogP contribution in [0.5, 0.6) is 0 Å². The van der Waals surface area contributed by atoms with Gasteiger partial charge in [-0.3, -0.25) is 0 Å². The molecule has 0 amide bonds. The fourth-order valence-electron chi connectivity index (χ4n) is 4.74. The van der Waals surface area contributed by atoms with E-state index in [2.05, 4.69) is 70.4 Å². The maximum absolute atomic E-state index is 5.57. The summed E-state index contributed by atoms with van der Waals surface area (Å²) in [6, 6.07) is 16.4. The summed E-state index contributed by atoms with van der Waals surface area (Å²) in [7, 11) is 0. The molecule has 240 valence electrons. The SMILES string of the molecule is C#CCCc1cnc(N)[nH]1.Cl.Cl.NCc1c[nH]c2ccccc12.Nc1ncc(CCc2cn(Cc3c[nH]c4ccccc34)nn2)[nH]1. The molecule has 0 saturated heterocycles. The number of nitrogens with two attached hydrogens (primary N) is 3. The molecule has 0 aliphatic carbocycles. The number of nitrogens with zero attached hydrogens (tertiary/aromatic N) is 5. The number of aryl methyl sites for hydroxylation is 3. The number of imidazole rings is 2. The molecular formula is C32H38Cl2N12. The van der Waals surface area contributed by atoms with Gasteiger partial charge in [0.25, 0.3) is 0 Å². The average Bonchev–Trinajstić information content (AvgIpc) is 3.89. The van der Waals surface area contributed by atoms with Crippen LogP contribution in [-0.2, 0) is 32.4 Å². The molecule has 2 aromatic carbocycles. The lowest BCUT2D eigenvalue weighted by molar-refractivity contribution is 0.651. The fraction of sp³-hybridized carbons (Fsp3) is 0.188. The maximum Gasteiger partial charge on any atom is 0.197 e. The van der Waals surface area contributed by atoms with Crippen LogP contribution in [0.25, 0.3) is 21.8 Å². The monoisotopic (exact) mass is 660 g/mol. The molecule has 7 aromatic rings. The van der Waals surface area contributed by atoms with Crippen molar-refractivity contribution in [2.45, 2.75) is 38.8 Å². The van der Waals surface area contributed by atoms with Crippen LogP contribution in [0.3, 0.4) is 0 Å². The van der Waals surface area contributed by atoms with E-state index in [-0.39, 0.29) is 24.8 Å². The molecule has 12 nitrogen and oxygen atoms in total. The summed E-state index contributed by atoms with van der Waals surface area (Å²) in [6.07, 6.45) is 17.7. The second kappa shape index (κ2) is 17.3. The lowest BCUT2D eigenvalue weighted by Gasteiger charge is -1.98. The Morgan fingerprint density at radius 3 is 1.89 bits per heavy atom. The summed E-state index contributed by atoms with van der Waals surface area (Å²) in [6.45, 7) is 1.30. The Morgan fingerprint density at radius 1 is 0.761 bits per heavy atom. The largest absolute Gasteiger partial charge is 0.369 e. The van der Waals surface area contributed by atoms with Gasteiger partial charge in [0.1, 0.15) is 0 Å². The lowest BCUT2D eigenvalue weighted by Crippen LogP contribution is -1.99. The normalized spacial score (nSPS) is 10.2. The van der Waals surface area contributed by atoms with E-state index in [1.807, 2.05) is 47.5 Å². The number of hydrogen-bond acceptors (Lipinski definition) is 7. The van der Waals surface area contributed by atoms with Gasteiger partial charge in [-0.25, -0.2) is 14.6 Å². The summed E-state index contributed by atoms with van der Waals surface area (Å²) in [5, 5.41) is 10.9. The number of halogens is 2. The third-order valence-corrected chi connectivity index (χ3v) is 6.97. The molecule has 0 aliphatic rings. The molecule has 0 atom stereocenters. The maximum atomic E-state index is 5.57. The highest BCUT2D eigenvalue weighted by atomic mass is 35.5. The van der Waals surface area contributed by atoms with Gasteiger partial charge in [0, 0.05) is 71.2 Å². The van der Waals surface area contributed by atoms with E-state index in [4.69, 9.17) is 23.6 Å². The van der Waals surface area contributed by atoms with Gasteiger partial charge in [-0.2, -0.15) is 0 Å². The van der Waals surface area contributed by atoms with Crippen molar-refractivity contribution >= 4 is 58.5 Å². The first-order chi connectivity index (χ1) is 21.5. The smallest absolute Gasteiger partial charge is 0.197 e. The van der Waals surface area contributed by atoms with E-state index in [9.17, 15) is 0 Å². The van der Waals surface area contributed by atoms with Crippen molar-refractivity contribution in [1.82, 2.24) is 44.9 Å². The van der Waals surface area contributed by atoms with E-state index in [0.717, 1.165) is 53.8 Å². The Hall–Kier alpha value is -5.22. The number of aromatic nitrogens is 9. The highest BCUT2D eigenvalue weighted by Gasteiger charge is 2.07. The van der Waals surface area contributed by atoms with Gasteiger partial charge in [0.2, 0.25) is 0 Å². The van der Waals surface area contributed by atoms with Crippen molar-refractivity contribution in [2.24, 2.45) is 5.73 Å². The Morgan fingerprint density at radius 2 is 1.33 bits per heavy atom. The predicted molar refractivity (Wildman–Crippen MR) is 189 cm³/mol. The number of terminal acetylenes is 1. The summed E-state index contributed by atoms with van der Waals surface area (Å²) in [5.41, 5.74) is 24.1. The molecule has 0 bridgehead atoms. The van der Waals surface area contributed by atoms with Crippen LogP contribution >= 0.6 is 24.8 Å². The van der Waals surface area contributed by atoms with Crippen LogP contribution in [0.2, 0.25) is 0 Å². The molecule has 46 heavy (non-hydrogen) atoms. The molecule has 0 saturated carbocycles. The molecule has 0 aliphatic heterocycles. The van der Waals surface area contributed by atoms with Crippen molar-refractivity contribution in [1.29, 1.82) is 0 Å². The fourth-order valence-corrected chi connectivity index (χ4v) is 4.74. The lowest BCUT2D eigenvalue weighted by atomic mass is 10.2. The number of hydrogen-bond donors (Lipinski definition) is 7. The molecule has 14 heteroatoms. The molecule has 5 aromatic heterocycles. The number of para-hydroxylation sites is 2. The first-order valence-corrected chi connectivity index (χ1v) is 14.2. The average molecular weight is 662 g/mol. The second-order valence-corrected chi connectivity index (χ2v) is 10.1. The van der Waals surface area contributed by atoms with Crippen molar-refractivity contribution in [3.63, 3.8) is 0 Å². The first-order valence-electron chi connectivity index (χ1n) is 14.2. The minimum Gasteiger partial charge on any atom is -0.369 e. The summed E-state index contributed by atoms with van der Waals surface area (Å²) < 4.78 is 1.87. The third-order valence-electron chi connectivity index (χ3n) is 6.97. The van der Waals surface area contributed by atoms with Crippen molar-refractivity contribution in [3.05, 3.63) is 108 Å². The Labute approximate surface area is 278 Å². The van der Waals surface area contributed by atoms with E-state index in [1.54, 1.807) is 12.4 Å². The molecule has 10 N–H and O–H groups in total.